The lowest BCUT2D eigenvalue weighted by molar-refractivity contribution is -0.121. The molecule has 0 fully saturated rings. The zero-order chi connectivity index (χ0) is 15.9. The minimum absolute atomic E-state index is 0.0181. The molecule has 8 nitrogen and oxygen atoms in total. The van der Waals surface area contributed by atoms with Crippen molar-refractivity contribution in [2.45, 2.75) is 11.3 Å². The number of nitrogens with zero attached hydrogens (tertiary/aromatic N) is 1. The van der Waals surface area contributed by atoms with E-state index in [9.17, 15) is 13.2 Å². The summed E-state index contributed by atoms with van der Waals surface area (Å²) < 4.78 is 31.7. The number of halogens is 1. The molecule has 0 aliphatic carbocycles. The van der Waals surface area contributed by atoms with Crippen LogP contribution in [0.1, 0.15) is 6.42 Å². The van der Waals surface area contributed by atoms with Gasteiger partial charge in [-0.2, -0.15) is 0 Å². The van der Waals surface area contributed by atoms with Crippen LogP contribution in [0.4, 0.5) is 5.82 Å². The normalized spacial score (nSPS) is 11.3. The summed E-state index contributed by atoms with van der Waals surface area (Å²) in [5.41, 5.74) is 5.54. The van der Waals surface area contributed by atoms with Crippen molar-refractivity contribution in [3.63, 3.8) is 0 Å². The second-order valence-corrected chi connectivity index (χ2v) is 6.68. The number of ether oxygens (including phenoxy) is 1. The number of amides is 1. The highest BCUT2D eigenvalue weighted by molar-refractivity contribution is 9.10. The van der Waals surface area contributed by atoms with Crippen LogP contribution in [0.5, 0.6) is 0 Å². The van der Waals surface area contributed by atoms with Gasteiger partial charge in [-0.05, 0) is 22.0 Å². The average Bonchev–Trinajstić information content (AvgIpc) is 2.41. The largest absolute Gasteiger partial charge is 0.383 e. The van der Waals surface area contributed by atoms with Gasteiger partial charge in [0.2, 0.25) is 15.9 Å². The topological polar surface area (TPSA) is 123 Å². The predicted molar refractivity (Wildman–Crippen MR) is 81.0 cm³/mol. The first-order valence-electron chi connectivity index (χ1n) is 6.03. The molecule has 1 heterocycles. The lowest BCUT2D eigenvalue weighted by Crippen LogP contribution is -2.32. The minimum atomic E-state index is -3.81. The molecule has 10 heteroatoms. The van der Waals surface area contributed by atoms with E-state index >= 15 is 0 Å². The number of hydrogen-bond acceptors (Lipinski definition) is 6. The van der Waals surface area contributed by atoms with E-state index in [1.807, 2.05) is 0 Å². The number of nitrogen functional groups attached to an aromatic ring is 1. The number of aromatic nitrogens is 1. The molecule has 0 aromatic carbocycles. The van der Waals surface area contributed by atoms with Crippen molar-refractivity contribution >= 4 is 37.7 Å². The molecule has 0 aliphatic rings. The summed E-state index contributed by atoms with van der Waals surface area (Å²) in [6.07, 6.45) is 1.42. The van der Waals surface area contributed by atoms with Crippen molar-refractivity contribution in [3.05, 3.63) is 16.7 Å². The van der Waals surface area contributed by atoms with Gasteiger partial charge in [-0.15, -0.1) is 0 Å². The fourth-order valence-electron chi connectivity index (χ4n) is 1.40. The molecule has 0 bridgehead atoms. The second-order valence-electron chi connectivity index (χ2n) is 4.03. The first-order valence-corrected chi connectivity index (χ1v) is 8.30. The van der Waals surface area contributed by atoms with Crippen LogP contribution in [-0.2, 0) is 19.6 Å². The van der Waals surface area contributed by atoms with Gasteiger partial charge in [0.15, 0.2) is 0 Å². The molecule has 21 heavy (non-hydrogen) atoms. The van der Waals surface area contributed by atoms with Crippen molar-refractivity contribution in [2.75, 3.05) is 32.5 Å². The van der Waals surface area contributed by atoms with Crippen LogP contribution in [0, 0.1) is 0 Å². The Balaban J connectivity index is 2.54. The number of sulfonamides is 1. The quantitative estimate of drug-likeness (QED) is 0.539. The number of carbonyl (C=O) groups is 1. The molecule has 0 saturated carbocycles. The molecule has 0 saturated heterocycles. The Morgan fingerprint density at radius 3 is 2.86 bits per heavy atom. The van der Waals surface area contributed by atoms with E-state index in [-0.39, 0.29) is 29.6 Å². The third-order valence-corrected chi connectivity index (χ3v) is 4.33. The lowest BCUT2D eigenvalue weighted by Gasteiger charge is -2.09. The minimum Gasteiger partial charge on any atom is -0.383 e. The highest BCUT2D eigenvalue weighted by atomic mass is 79.9. The van der Waals surface area contributed by atoms with Crippen LogP contribution >= 0.6 is 15.9 Å². The molecule has 4 N–H and O–H groups in total. The number of anilines is 1. The van der Waals surface area contributed by atoms with Crippen LogP contribution in [-0.4, -0.2) is 46.1 Å². The second kappa shape index (κ2) is 8.27. The molecule has 0 radical (unpaired) electrons. The van der Waals surface area contributed by atoms with Gasteiger partial charge >= 0.3 is 0 Å². The summed E-state index contributed by atoms with van der Waals surface area (Å²) in [5.74, 6) is -0.370. The molecular formula is C11H17BrN4O4S. The average molecular weight is 381 g/mol. The van der Waals surface area contributed by atoms with Crippen molar-refractivity contribution in [1.29, 1.82) is 0 Å². The van der Waals surface area contributed by atoms with Crippen LogP contribution in [0.2, 0.25) is 0 Å². The van der Waals surface area contributed by atoms with E-state index in [1.54, 1.807) is 0 Å². The molecule has 1 amide bonds. The monoisotopic (exact) mass is 380 g/mol. The van der Waals surface area contributed by atoms with Gasteiger partial charge in [-0.1, -0.05) is 0 Å². The molecule has 1 aromatic rings. The third-order valence-electron chi connectivity index (χ3n) is 2.41. The number of nitrogens with one attached hydrogen (secondary N) is 2. The summed E-state index contributed by atoms with van der Waals surface area (Å²) in [7, 11) is -2.28. The van der Waals surface area contributed by atoms with Crippen LogP contribution in [0.15, 0.2) is 21.6 Å². The zero-order valence-corrected chi connectivity index (χ0v) is 13.8. The van der Waals surface area contributed by atoms with Gasteiger partial charge in [-0.3, -0.25) is 4.79 Å². The van der Waals surface area contributed by atoms with E-state index in [2.05, 4.69) is 31.0 Å². The Morgan fingerprint density at radius 2 is 2.19 bits per heavy atom. The van der Waals surface area contributed by atoms with Gasteiger partial charge in [0.25, 0.3) is 0 Å². The van der Waals surface area contributed by atoms with Crippen molar-refractivity contribution in [2.24, 2.45) is 0 Å². The van der Waals surface area contributed by atoms with E-state index in [0.717, 1.165) is 0 Å². The molecule has 118 valence electrons. The number of rotatable bonds is 8. The summed E-state index contributed by atoms with van der Waals surface area (Å²) in [4.78, 5) is 15.0. The lowest BCUT2D eigenvalue weighted by atomic mass is 10.4. The Morgan fingerprint density at radius 1 is 1.48 bits per heavy atom. The number of methoxy groups -OCH3 is 1. The molecular weight excluding hydrogens is 364 g/mol. The number of hydrogen-bond donors (Lipinski definition) is 3. The highest BCUT2D eigenvalue weighted by Gasteiger charge is 2.18. The maximum Gasteiger partial charge on any atom is 0.244 e. The zero-order valence-electron chi connectivity index (χ0n) is 11.4. The number of nitrogens with two attached hydrogens (primary N) is 1. The first-order chi connectivity index (χ1) is 9.86. The van der Waals surface area contributed by atoms with Gasteiger partial charge in [-0.25, -0.2) is 18.1 Å². The molecule has 0 unspecified atom stereocenters. The van der Waals surface area contributed by atoms with Crippen molar-refractivity contribution in [1.82, 2.24) is 15.0 Å². The maximum absolute atomic E-state index is 12.0. The Kier molecular flexibility index (Phi) is 7.02. The van der Waals surface area contributed by atoms with E-state index < -0.39 is 10.0 Å². The summed E-state index contributed by atoms with van der Waals surface area (Å²) in [6, 6.07) is 1.35. The van der Waals surface area contributed by atoms with Crippen LogP contribution < -0.4 is 15.8 Å². The maximum atomic E-state index is 12.0. The summed E-state index contributed by atoms with van der Waals surface area (Å²) in [5, 5.41) is 2.59. The van der Waals surface area contributed by atoms with E-state index in [4.69, 9.17) is 10.5 Å². The Labute approximate surface area is 131 Å². The Hall–Kier alpha value is -1.23. The van der Waals surface area contributed by atoms with Crippen molar-refractivity contribution in [3.8, 4) is 0 Å². The molecule has 0 spiro atoms. The fraction of sp³-hybridized carbons (Fsp3) is 0.455. The number of pyridine rings is 1. The van der Waals surface area contributed by atoms with Crippen LogP contribution in [0.25, 0.3) is 0 Å². The standard InChI is InChI=1S/C11H17BrN4O4S/c1-20-5-4-14-10(17)2-3-16-21(18,19)9-6-8(12)7-15-11(9)13/h6-7,16H,2-5H2,1H3,(H2,13,15)(H,14,17). The van der Waals surface area contributed by atoms with Gasteiger partial charge in [0.05, 0.1) is 6.61 Å². The van der Waals surface area contributed by atoms with Gasteiger partial charge < -0.3 is 15.8 Å². The van der Waals surface area contributed by atoms with Crippen molar-refractivity contribution < 1.29 is 17.9 Å². The Bertz CT molecular complexity index is 594. The van der Waals surface area contributed by atoms with Gasteiger partial charge in [0.1, 0.15) is 10.7 Å². The highest BCUT2D eigenvalue weighted by Crippen LogP contribution is 2.20. The van der Waals surface area contributed by atoms with Crippen LogP contribution in [0.3, 0.4) is 0 Å². The van der Waals surface area contributed by atoms with E-state index in [0.29, 0.717) is 17.6 Å². The molecule has 0 aliphatic heterocycles. The molecule has 0 atom stereocenters. The smallest absolute Gasteiger partial charge is 0.244 e. The molecule has 1 aromatic heterocycles. The first kappa shape index (κ1) is 17.8. The fourth-order valence-corrected chi connectivity index (χ4v) is 3.02. The third kappa shape index (κ3) is 5.96. The summed E-state index contributed by atoms with van der Waals surface area (Å²) >= 11 is 3.13. The SMILES string of the molecule is COCCNC(=O)CCNS(=O)(=O)c1cc(Br)cnc1N. The number of carbonyl (C=O) groups excluding carboxylic acids is 1. The molecule has 1 rings (SSSR count). The predicted octanol–water partition coefficient (Wildman–Crippen LogP) is -0.143. The van der Waals surface area contributed by atoms with E-state index in [1.165, 1.54) is 19.4 Å². The van der Waals surface area contributed by atoms with Gasteiger partial charge in [0, 0.05) is 37.3 Å². The summed E-state index contributed by atoms with van der Waals surface area (Å²) in [6.45, 7) is 0.745.